The van der Waals surface area contributed by atoms with Crippen LogP contribution in [0.2, 0.25) is 0 Å². The molecule has 0 bridgehead atoms. The summed E-state index contributed by atoms with van der Waals surface area (Å²) in [5, 5.41) is 3.87. The van der Waals surface area contributed by atoms with E-state index < -0.39 is 11.7 Å². The minimum atomic E-state index is -0.633. The number of rotatable bonds is 2. The Bertz CT molecular complexity index is 428. The number of carbonyl (C=O) groups excluding carboxylic acids is 1. The summed E-state index contributed by atoms with van der Waals surface area (Å²) < 4.78 is 10.2. The van der Waals surface area contributed by atoms with Crippen LogP contribution in [0.25, 0.3) is 0 Å². The second-order valence-corrected chi connectivity index (χ2v) is 4.94. The summed E-state index contributed by atoms with van der Waals surface area (Å²) in [6.45, 7) is 5.38. The number of carbonyl (C=O) groups is 1. The van der Waals surface area contributed by atoms with Crippen molar-refractivity contribution in [2.45, 2.75) is 33.5 Å². The maximum atomic E-state index is 11.6. The van der Waals surface area contributed by atoms with Gasteiger partial charge in [0.15, 0.2) is 0 Å². The second kappa shape index (κ2) is 4.24. The third-order valence-corrected chi connectivity index (χ3v) is 2.35. The molecule has 2 heterocycles. The summed E-state index contributed by atoms with van der Waals surface area (Å²) in [5.74, 6) is -0.300. The van der Waals surface area contributed by atoms with Gasteiger partial charge in [-0.1, -0.05) is 5.16 Å². The molecule has 2 rings (SSSR count). The molecular weight excluding hydrogens is 222 g/mol. The third-order valence-electron chi connectivity index (χ3n) is 2.35. The van der Waals surface area contributed by atoms with Crippen molar-refractivity contribution < 1.29 is 18.8 Å². The van der Waals surface area contributed by atoms with Gasteiger partial charge in [-0.2, -0.15) is 0 Å². The lowest BCUT2D eigenvalue weighted by atomic mass is 9.97. The van der Waals surface area contributed by atoms with Gasteiger partial charge in [0.1, 0.15) is 0 Å². The Hall–Kier alpha value is -1.78. The molecule has 0 fully saturated rings. The van der Waals surface area contributed by atoms with Crippen molar-refractivity contribution in [1.29, 1.82) is 0 Å². The van der Waals surface area contributed by atoms with Gasteiger partial charge in [0.05, 0.1) is 30.1 Å². The summed E-state index contributed by atoms with van der Waals surface area (Å²) in [6, 6.07) is 1.79. The Kier molecular flexibility index (Phi) is 2.92. The van der Waals surface area contributed by atoms with E-state index in [-0.39, 0.29) is 5.97 Å². The molecule has 0 aliphatic carbocycles. The van der Waals surface area contributed by atoms with Crippen LogP contribution in [0.5, 0.6) is 0 Å². The van der Waals surface area contributed by atoms with Crippen LogP contribution in [0.3, 0.4) is 0 Å². The van der Waals surface area contributed by atoms with Crippen LogP contribution in [-0.2, 0) is 14.4 Å². The van der Waals surface area contributed by atoms with E-state index in [1.165, 1.54) is 0 Å². The van der Waals surface area contributed by atoms with Crippen LogP contribution in [0.1, 0.15) is 32.8 Å². The molecule has 0 saturated heterocycles. The maximum absolute atomic E-state index is 11.6. The lowest BCUT2D eigenvalue weighted by Gasteiger charge is -2.18. The molecule has 17 heavy (non-hydrogen) atoms. The van der Waals surface area contributed by atoms with E-state index >= 15 is 0 Å². The summed E-state index contributed by atoms with van der Waals surface area (Å²) >= 11 is 0. The lowest BCUT2D eigenvalue weighted by molar-refractivity contribution is -0.182. The molecule has 0 radical (unpaired) electrons. The first-order valence-corrected chi connectivity index (χ1v) is 5.43. The molecule has 1 unspecified atom stereocenters. The molecule has 1 aromatic rings. The fourth-order valence-electron chi connectivity index (χ4n) is 1.31. The zero-order valence-corrected chi connectivity index (χ0v) is 10.1. The average molecular weight is 237 g/mol. The molecule has 5 heteroatoms. The number of esters is 1. The molecule has 0 aromatic carbocycles. The van der Waals surface area contributed by atoms with Crippen LogP contribution < -0.4 is 0 Å². The van der Waals surface area contributed by atoms with E-state index in [0.717, 1.165) is 11.3 Å². The fraction of sp³-hybridized carbons (Fsp3) is 0.500. The first kappa shape index (κ1) is 11.7. The van der Waals surface area contributed by atoms with Crippen LogP contribution in [0.15, 0.2) is 28.2 Å². The predicted octanol–water partition coefficient (Wildman–Crippen LogP) is 2.32. The third kappa shape index (κ3) is 2.67. The summed E-state index contributed by atoms with van der Waals surface area (Å²) in [7, 11) is 0. The monoisotopic (exact) mass is 237 g/mol. The van der Waals surface area contributed by atoms with Crippen LogP contribution >= 0.6 is 0 Å². The fourth-order valence-corrected chi connectivity index (χ4v) is 1.31. The van der Waals surface area contributed by atoms with Gasteiger partial charge in [0.2, 0.25) is 0 Å². The molecule has 0 N–H and O–H groups in total. The Balaban J connectivity index is 1.91. The topological polar surface area (TPSA) is 61.0 Å². The highest BCUT2D eigenvalue weighted by Crippen LogP contribution is 2.22. The molecule has 0 saturated carbocycles. The molecule has 92 valence electrons. The molecule has 0 spiro atoms. The highest BCUT2D eigenvalue weighted by Gasteiger charge is 2.31. The quantitative estimate of drug-likeness (QED) is 0.740. The summed E-state index contributed by atoms with van der Waals surface area (Å²) in [4.78, 5) is 16.7. The van der Waals surface area contributed by atoms with Gasteiger partial charge in [-0.25, -0.2) is 0 Å². The molecule has 1 aliphatic rings. The largest absolute Gasteiger partial charge is 0.472 e. The van der Waals surface area contributed by atoms with Crippen molar-refractivity contribution in [3.63, 3.8) is 0 Å². The van der Waals surface area contributed by atoms with E-state index in [9.17, 15) is 4.79 Å². The first-order chi connectivity index (χ1) is 7.97. The SMILES string of the molecule is CC(C)(C)C(=O)OC1CC(c2ccoc2)=NO1. The van der Waals surface area contributed by atoms with Gasteiger partial charge in [-0.05, 0) is 26.8 Å². The number of hydrogen-bond acceptors (Lipinski definition) is 5. The van der Waals surface area contributed by atoms with E-state index in [4.69, 9.17) is 14.0 Å². The number of oxime groups is 1. The highest BCUT2D eigenvalue weighted by molar-refractivity contribution is 6.00. The summed E-state index contributed by atoms with van der Waals surface area (Å²) in [6.07, 6.45) is 2.95. The maximum Gasteiger partial charge on any atom is 0.314 e. The van der Waals surface area contributed by atoms with Gasteiger partial charge >= 0.3 is 5.97 Å². The first-order valence-electron chi connectivity index (χ1n) is 5.43. The minimum Gasteiger partial charge on any atom is -0.472 e. The Morgan fingerprint density at radius 3 is 2.88 bits per heavy atom. The van der Waals surface area contributed by atoms with E-state index in [1.54, 1.807) is 39.4 Å². The number of furan rings is 1. The molecule has 0 amide bonds. The van der Waals surface area contributed by atoms with E-state index in [0.29, 0.717) is 6.42 Å². The number of hydrogen-bond donors (Lipinski definition) is 0. The second-order valence-electron chi connectivity index (χ2n) is 4.94. The average Bonchev–Trinajstić information content (AvgIpc) is 2.83. The standard InChI is InChI=1S/C12H15NO4/c1-12(2,3)11(14)16-10-6-9(13-17-10)8-4-5-15-7-8/h4-5,7,10H,6H2,1-3H3. The van der Waals surface area contributed by atoms with Crippen LogP contribution in [0, 0.1) is 5.41 Å². The van der Waals surface area contributed by atoms with Crippen LogP contribution in [0.4, 0.5) is 0 Å². The van der Waals surface area contributed by atoms with E-state index in [1.807, 2.05) is 0 Å². The Morgan fingerprint density at radius 1 is 1.53 bits per heavy atom. The van der Waals surface area contributed by atoms with Gasteiger partial charge in [-0.15, -0.1) is 0 Å². The molecule has 1 aliphatic heterocycles. The van der Waals surface area contributed by atoms with Crippen LogP contribution in [-0.4, -0.2) is 18.0 Å². The molecule has 1 atom stereocenters. The summed E-state index contributed by atoms with van der Waals surface area (Å²) in [5.41, 5.74) is 1.03. The Morgan fingerprint density at radius 2 is 2.29 bits per heavy atom. The van der Waals surface area contributed by atoms with Gasteiger partial charge in [-0.3, -0.25) is 4.79 Å². The minimum absolute atomic E-state index is 0.300. The number of ether oxygens (including phenoxy) is 1. The molecule has 5 nitrogen and oxygen atoms in total. The molecular formula is C12H15NO4. The smallest absolute Gasteiger partial charge is 0.314 e. The zero-order valence-electron chi connectivity index (χ0n) is 10.1. The lowest BCUT2D eigenvalue weighted by Crippen LogP contribution is -2.28. The van der Waals surface area contributed by atoms with Crippen molar-refractivity contribution >= 4 is 11.7 Å². The van der Waals surface area contributed by atoms with Gasteiger partial charge < -0.3 is 14.0 Å². The van der Waals surface area contributed by atoms with Gasteiger partial charge in [0, 0.05) is 5.56 Å². The predicted molar refractivity (Wildman–Crippen MR) is 60.3 cm³/mol. The zero-order chi connectivity index (χ0) is 12.5. The van der Waals surface area contributed by atoms with Crippen molar-refractivity contribution in [2.24, 2.45) is 10.6 Å². The normalized spacial score (nSPS) is 19.7. The highest BCUT2D eigenvalue weighted by atomic mass is 16.8. The molecule has 1 aromatic heterocycles. The van der Waals surface area contributed by atoms with Crippen molar-refractivity contribution in [2.75, 3.05) is 0 Å². The van der Waals surface area contributed by atoms with Crippen molar-refractivity contribution in [3.05, 3.63) is 24.2 Å². The Labute approximate surface area is 99.4 Å². The van der Waals surface area contributed by atoms with E-state index in [2.05, 4.69) is 5.16 Å². The van der Waals surface area contributed by atoms with Crippen molar-refractivity contribution in [1.82, 2.24) is 0 Å². The van der Waals surface area contributed by atoms with Gasteiger partial charge in [0.25, 0.3) is 6.29 Å². The number of nitrogens with zero attached hydrogens (tertiary/aromatic N) is 1. The van der Waals surface area contributed by atoms with Crippen molar-refractivity contribution in [3.8, 4) is 0 Å².